The van der Waals surface area contributed by atoms with Crippen LogP contribution in [0.1, 0.15) is 5.56 Å². The van der Waals surface area contributed by atoms with E-state index in [4.69, 9.17) is 0 Å². The Labute approximate surface area is 124 Å². The summed E-state index contributed by atoms with van der Waals surface area (Å²) in [7, 11) is -3.19. The summed E-state index contributed by atoms with van der Waals surface area (Å²) < 4.78 is 22.6. The van der Waals surface area contributed by atoms with Gasteiger partial charge in [0.25, 0.3) is 0 Å². The van der Waals surface area contributed by atoms with Gasteiger partial charge in [-0.3, -0.25) is 9.59 Å². The van der Waals surface area contributed by atoms with Crippen molar-refractivity contribution in [1.82, 2.24) is 10.2 Å². The van der Waals surface area contributed by atoms with Gasteiger partial charge in [0.15, 0.2) is 0 Å². The first-order chi connectivity index (χ1) is 9.87. The predicted octanol–water partition coefficient (Wildman–Crippen LogP) is -0.399. The number of carbonyl (C=O) groups is 2. The summed E-state index contributed by atoms with van der Waals surface area (Å²) in [5.41, 5.74) is 0.928. The first kappa shape index (κ1) is 15.5. The van der Waals surface area contributed by atoms with Crippen molar-refractivity contribution >= 4 is 21.7 Å². The second-order valence-corrected chi connectivity index (χ2v) is 7.40. The molecule has 1 saturated heterocycles. The number of piperazine rings is 1. The van der Waals surface area contributed by atoms with E-state index in [1.807, 2.05) is 30.3 Å². The molecule has 21 heavy (non-hydrogen) atoms. The maximum atomic E-state index is 12.0. The van der Waals surface area contributed by atoms with E-state index < -0.39 is 15.9 Å². The normalized spacial score (nSPS) is 19.5. The summed E-state index contributed by atoms with van der Waals surface area (Å²) in [5, 5.41) is 2.55. The topological polar surface area (TPSA) is 83.6 Å². The third-order valence-electron chi connectivity index (χ3n) is 3.39. The van der Waals surface area contributed by atoms with Crippen LogP contribution in [-0.4, -0.2) is 56.3 Å². The second kappa shape index (κ2) is 6.26. The Bertz CT molecular complexity index is 628. The molecule has 0 saturated carbocycles. The first-order valence-electron chi connectivity index (χ1n) is 6.65. The highest BCUT2D eigenvalue weighted by Gasteiger charge is 2.34. The molecule has 0 bridgehead atoms. The number of carbonyl (C=O) groups excluding carboxylic acids is 2. The third kappa shape index (κ3) is 4.29. The molecule has 1 aromatic rings. The smallest absolute Gasteiger partial charge is 0.243 e. The van der Waals surface area contributed by atoms with Gasteiger partial charge in [0.2, 0.25) is 11.8 Å². The minimum Gasteiger partial charge on any atom is -0.345 e. The fraction of sp³-hybridized carbons (Fsp3) is 0.429. The van der Waals surface area contributed by atoms with Gasteiger partial charge in [-0.15, -0.1) is 0 Å². The lowest BCUT2D eigenvalue weighted by molar-refractivity contribution is -0.145. The lowest BCUT2D eigenvalue weighted by Gasteiger charge is -2.34. The summed E-state index contributed by atoms with van der Waals surface area (Å²) >= 11 is 0. The van der Waals surface area contributed by atoms with Crippen LogP contribution in [0.2, 0.25) is 0 Å². The molecule has 1 aromatic carbocycles. The molecule has 7 heteroatoms. The maximum absolute atomic E-state index is 12.0. The highest BCUT2D eigenvalue weighted by molar-refractivity contribution is 7.90. The number of amides is 2. The molecule has 1 heterocycles. The molecule has 1 aliphatic heterocycles. The van der Waals surface area contributed by atoms with E-state index >= 15 is 0 Å². The number of hydrogen-bond acceptors (Lipinski definition) is 4. The monoisotopic (exact) mass is 310 g/mol. The van der Waals surface area contributed by atoms with E-state index in [-0.39, 0.29) is 30.7 Å². The van der Waals surface area contributed by atoms with Crippen molar-refractivity contribution in [3.63, 3.8) is 0 Å². The predicted molar refractivity (Wildman–Crippen MR) is 78.4 cm³/mol. The Morgan fingerprint density at radius 1 is 1.24 bits per heavy atom. The van der Waals surface area contributed by atoms with Crippen LogP contribution >= 0.6 is 0 Å². The van der Waals surface area contributed by atoms with Gasteiger partial charge in [0.05, 0.1) is 12.3 Å². The van der Waals surface area contributed by atoms with Crippen LogP contribution in [0.4, 0.5) is 0 Å². The zero-order valence-electron chi connectivity index (χ0n) is 11.8. The number of hydrogen-bond donors (Lipinski definition) is 1. The zero-order chi connectivity index (χ0) is 15.5. The first-order valence-corrected chi connectivity index (χ1v) is 8.72. The molecule has 2 amide bonds. The van der Waals surface area contributed by atoms with E-state index in [0.29, 0.717) is 6.42 Å². The van der Waals surface area contributed by atoms with Crippen molar-refractivity contribution in [3.8, 4) is 0 Å². The van der Waals surface area contributed by atoms with Crippen molar-refractivity contribution in [2.45, 2.75) is 12.5 Å². The largest absolute Gasteiger partial charge is 0.345 e. The average Bonchev–Trinajstić information content (AvgIpc) is 2.42. The fourth-order valence-corrected chi connectivity index (χ4v) is 2.81. The van der Waals surface area contributed by atoms with E-state index in [9.17, 15) is 18.0 Å². The van der Waals surface area contributed by atoms with Gasteiger partial charge in [0, 0.05) is 19.2 Å². The number of rotatable bonds is 5. The zero-order valence-corrected chi connectivity index (χ0v) is 12.6. The molecule has 1 fully saturated rings. The molecule has 6 nitrogen and oxygen atoms in total. The lowest BCUT2D eigenvalue weighted by atomic mass is 10.0. The van der Waals surface area contributed by atoms with Gasteiger partial charge < -0.3 is 10.2 Å². The van der Waals surface area contributed by atoms with Crippen molar-refractivity contribution in [2.75, 3.05) is 25.1 Å². The van der Waals surface area contributed by atoms with Gasteiger partial charge in [0.1, 0.15) is 15.9 Å². The number of benzene rings is 1. The lowest BCUT2D eigenvalue weighted by Crippen LogP contribution is -2.59. The van der Waals surface area contributed by atoms with Crippen LogP contribution in [0.25, 0.3) is 0 Å². The molecular formula is C14H18N2O4S. The Kier molecular flexibility index (Phi) is 4.62. The van der Waals surface area contributed by atoms with E-state index in [0.717, 1.165) is 11.8 Å². The van der Waals surface area contributed by atoms with Crippen LogP contribution in [0.15, 0.2) is 30.3 Å². The molecule has 2 rings (SSSR count). The van der Waals surface area contributed by atoms with Gasteiger partial charge in [-0.25, -0.2) is 8.42 Å². The molecule has 1 unspecified atom stereocenters. The molecule has 0 spiro atoms. The summed E-state index contributed by atoms with van der Waals surface area (Å²) in [6, 6.07) is 8.69. The Morgan fingerprint density at radius 2 is 1.90 bits per heavy atom. The van der Waals surface area contributed by atoms with Crippen LogP contribution in [-0.2, 0) is 25.8 Å². The fourth-order valence-electron chi connectivity index (χ4n) is 2.28. The van der Waals surface area contributed by atoms with Crippen LogP contribution in [0.5, 0.6) is 0 Å². The minimum absolute atomic E-state index is 0.0442. The summed E-state index contributed by atoms with van der Waals surface area (Å²) in [4.78, 5) is 25.4. The Morgan fingerprint density at radius 3 is 2.52 bits per heavy atom. The minimum atomic E-state index is -3.19. The van der Waals surface area contributed by atoms with E-state index in [2.05, 4.69) is 5.32 Å². The van der Waals surface area contributed by atoms with Gasteiger partial charge in [-0.05, 0) is 5.56 Å². The quantitative estimate of drug-likeness (QED) is 0.802. The molecule has 1 atom stereocenters. The van der Waals surface area contributed by atoms with Gasteiger partial charge in [-0.2, -0.15) is 0 Å². The molecule has 0 aromatic heterocycles. The van der Waals surface area contributed by atoms with Gasteiger partial charge in [-0.1, -0.05) is 30.3 Å². The number of nitrogens with one attached hydrogen (secondary N) is 1. The summed E-state index contributed by atoms with van der Waals surface area (Å²) in [6.45, 7) is -0.0313. The highest BCUT2D eigenvalue weighted by Crippen LogP contribution is 2.13. The van der Waals surface area contributed by atoms with Crippen molar-refractivity contribution in [2.24, 2.45) is 0 Å². The van der Waals surface area contributed by atoms with Crippen LogP contribution in [0, 0.1) is 0 Å². The van der Waals surface area contributed by atoms with E-state index in [1.54, 1.807) is 0 Å². The highest BCUT2D eigenvalue weighted by atomic mass is 32.2. The molecule has 114 valence electrons. The second-order valence-electron chi connectivity index (χ2n) is 5.14. The van der Waals surface area contributed by atoms with Crippen LogP contribution < -0.4 is 5.32 Å². The van der Waals surface area contributed by atoms with E-state index in [1.165, 1.54) is 4.90 Å². The van der Waals surface area contributed by atoms with Crippen LogP contribution in [0.3, 0.4) is 0 Å². The number of sulfone groups is 1. The van der Waals surface area contributed by atoms with Crippen molar-refractivity contribution in [1.29, 1.82) is 0 Å². The molecule has 0 aliphatic carbocycles. The van der Waals surface area contributed by atoms with Crippen molar-refractivity contribution in [3.05, 3.63) is 35.9 Å². The summed E-state index contributed by atoms with van der Waals surface area (Å²) in [6.07, 6.45) is 1.50. The number of nitrogens with zero attached hydrogens (tertiary/aromatic N) is 1. The van der Waals surface area contributed by atoms with Gasteiger partial charge >= 0.3 is 0 Å². The Hall–Kier alpha value is -1.89. The third-order valence-corrected chi connectivity index (χ3v) is 4.31. The standard InChI is InChI=1S/C14H18N2O4S/c1-21(19,20)8-7-16-12(14(18)15-10-13(16)17)9-11-5-3-2-4-6-11/h2-6,12H,7-10H2,1H3,(H,15,18). The maximum Gasteiger partial charge on any atom is 0.243 e. The SMILES string of the molecule is CS(=O)(=O)CCN1C(=O)CNC(=O)C1Cc1ccccc1. The summed E-state index contributed by atoms with van der Waals surface area (Å²) in [5.74, 6) is -0.636. The molecular weight excluding hydrogens is 292 g/mol. The molecule has 1 N–H and O–H groups in total. The molecule has 1 aliphatic rings. The average molecular weight is 310 g/mol. The Balaban J connectivity index is 2.16. The van der Waals surface area contributed by atoms with Crippen molar-refractivity contribution < 1.29 is 18.0 Å². The molecule has 0 radical (unpaired) electrons.